The normalized spacial score (nSPS) is 13.0. The highest BCUT2D eigenvalue weighted by Crippen LogP contribution is 2.24. The molecule has 0 amide bonds. The Morgan fingerprint density at radius 1 is 1.24 bits per heavy atom. The minimum absolute atomic E-state index is 0.0250. The minimum atomic E-state index is -1.18. The molecule has 0 radical (unpaired) electrons. The van der Waals surface area contributed by atoms with Crippen molar-refractivity contribution in [3.63, 3.8) is 0 Å². The third kappa shape index (κ3) is 6.04. The van der Waals surface area contributed by atoms with Crippen LogP contribution in [-0.4, -0.2) is 26.9 Å². The van der Waals surface area contributed by atoms with Crippen molar-refractivity contribution >= 4 is 11.7 Å². The zero-order chi connectivity index (χ0) is 22.1. The van der Waals surface area contributed by atoms with Crippen LogP contribution in [0.25, 0.3) is 11.1 Å². The number of aromatic nitrogens is 2. The highest BCUT2D eigenvalue weighted by atomic mass is 19.2. The molecule has 2 aromatic heterocycles. The Hall–Kier alpha value is -3.40. The number of hydrazine groups is 1. The molecule has 0 aromatic carbocycles. The van der Waals surface area contributed by atoms with Gasteiger partial charge in [-0.1, -0.05) is 6.08 Å². The quantitative estimate of drug-likeness (QED) is 0.178. The first kappa shape index (κ1) is 23.6. The average Bonchev–Trinajstić information content (AvgIpc) is 2.69. The molecule has 2 rings (SSSR count). The second kappa shape index (κ2) is 10.8. The average molecular weight is 407 g/mol. The first-order valence-electron chi connectivity index (χ1n) is 8.46. The number of allylic oxidation sites excluding steroid dienone is 2. The zero-order valence-corrected chi connectivity index (χ0v) is 16.4. The summed E-state index contributed by atoms with van der Waals surface area (Å²) in [5.41, 5.74) is 7.14. The van der Waals surface area contributed by atoms with Gasteiger partial charge >= 0.3 is 0 Å². The SMILES string of the molecule is C/C(F)=C(/F)C(C)N(N)/C(=N\N)c1cc(-c2ccc(F)nc2)cnc1N.C=CC. The van der Waals surface area contributed by atoms with E-state index in [1.807, 2.05) is 6.92 Å². The molecule has 0 spiro atoms. The minimum Gasteiger partial charge on any atom is -0.383 e. The number of nitrogens with zero attached hydrogens (tertiary/aromatic N) is 4. The number of amidine groups is 1. The predicted octanol–water partition coefficient (Wildman–Crippen LogP) is 3.41. The predicted molar refractivity (Wildman–Crippen MR) is 109 cm³/mol. The highest BCUT2D eigenvalue weighted by molar-refractivity contribution is 6.03. The van der Waals surface area contributed by atoms with Gasteiger partial charge in [0.25, 0.3) is 0 Å². The van der Waals surface area contributed by atoms with E-state index in [2.05, 4.69) is 21.6 Å². The van der Waals surface area contributed by atoms with Crippen molar-refractivity contribution in [1.29, 1.82) is 0 Å². The van der Waals surface area contributed by atoms with E-state index in [1.165, 1.54) is 31.5 Å². The molecule has 0 aliphatic rings. The molecule has 1 unspecified atom stereocenters. The number of nitrogen functional groups attached to an aromatic ring is 1. The third-order valence-corrected chi connectivity index (χ3v) is 3.70. The van der Waals surface area contributed by atoms with Crippen molar-refractivity contribution in [2.45, 2.75) is 26.8 Å². The lowest BCUT2D eigenvalue weighted by molar-refractivity contribution is 0.320. The lowest BCUT2D eigenvalue weighted by Gasteiger charge is -2.26. The number of hydrogen-bond acceptors (Lipinski definition) is 6. The smallest absolute Gasteiger partial charge is 0.212 e. The van der Waals surface area contributed by atoms with E-state index >= 15 is 0 Å². The fourth-order valence-electron chi connectivity index (χ4n) is 2.23. The van der Waals surface area contributed by atoms with Crippen LogP contribution in [0.1, 0.15) is 26.3 Å². The maximum atomic E-state index is 13.9. The molecule has 10 heteroatoms. The van der Waals surface area contributed by atoms with Gasteiger partial charge in [0.05, 0.1) is 11.6 Å². The first-order valence-corrected chi connectivity index (χ1v) is 8.46. The molecule has 0 saturated heterocycles. The number of pyridine rings is 2. The summed E-state index contributed by atoms with van der Waals surface area (Å²) < 4.78 is 40.0. The molecule has 0 aliphatic heterocycles. The molecule has 1 atom stereocenters. The van der Waals surface area contributed by atoms with Crippen LogP contribution >= 0.6 is 0 Å². The van der Waals surface area contributed by atoms with Gasteiger partial charge in [0, 0.05) is 23.5 Å². The largest absolute Gasteiger partial charge is 0.383 e. The number of rotatable bonds is 4. The van der Waals surface area contributed by atoms with Gasteiger partial charge in [-0.3, -0.25) is 5.01 Å². The van der Waals surface area contributed by atoms with Gasteiger partial charge in [-0.15, -0.1) is 6.58 Å². The van der Waals surface area contributed by atoms with Crippen LogP contribution in [-0.2, 0) is 0 Å². The van der Waals surface area contributed by atoms with E-state index in [0.29, 0.717) is 11.1 Å². The fraction of sp³-hybridized carbons (Fsp3) is 0.211. The van der Waals surface area contributed by atoms with Crippen LogP contribution < -0.4 is 17.4 Å². The standard InChI is InChI=1S/C16H18F3N7.C3H6/c1-8(17)14(19)9(2)26(22)16(25-21)12-5-11(7-24-15(12)20)10-3-4-13(18)23-6-10;1-3-2/h3-7,9H,21-22H2,1-2H3,(H2,20,24);3H,1H2,2H3/b14-8-,25-16-;. The summed E-state index contributed by atoms with van der Waals surface area (Å²) in [5, 5.41) is 4.39. The van der Waals surface area contributed by atoms with Gasteiger partial charge in [-0.2, -0.15) is 9.49 Å². The van der Waals surface area contributed by atoms with Crippen molar-refractivity contribution in [2.24, 2.45) is 16.8 Å². The lowest BCUT2D eigenvalue weighted by Crippen LogP contribution is -2.46. The summed E-state index contributed by atoms with van der Waals surface area (Å²) in [4.78, 5) is 7.59. The van der Waals surface area contributed by atoms with Gasteiger partial charge in [0.15, 0.2) is 11.7 Å². The second-order valence-corrected chi connectivity index (χ2v) is 5.85. The van der Waals surface area contributed by atoms with Gasteiger partial charge in [0.2, 0.25) is 5.95 Å². The third-order valence-electron chi connectivity index (χ3n) is 3.70. The zero-order valence-electron chi connectivity index (χ0n) is 16.4. The van der Waals surface area contributed by atoms with E-state index in [-0.39, 0.29) is 17.2 Å². The van der Waals surface area contributed by atoms with Crippen molar-refractivity contribution in [3.8, 4) is 11.1 Å². The Labute approximate surface area is 167 Å². The van der Waals surface area contributed by atoms with Crippen LogP contribution in [0.2, 0.25) is 0 Å². The number of halogens is 3. The van der Waals surface area contributed by atoms with Gasteiger partial charge in [-0.05, 0) is 39.0 Å². The molecule has 156 valence electrons. The molecule has 2 aromatic rings. The molecule has 6 N–H and O–H groups in total. The van der Waals surface area contributed by atoms with Crippen LogP contribution in [0.15, 0.2) is 60.0 Å². The number of nitrogens with two attached hydrogens (primary N) is 3. The maximum absolute atomic E-state index is 13.9. The molecule has 0 fully saturated rings. The van der Waals surface area contributed by atoms with Crippen LogP contribution in [0.3, 0.4) is 0 Å². The van der Waals surface area contributed by atoms with Gasteiger partial charge in [-0.25, -0.2) is 24.6 Å². The first-order chi connectivity index (χ1) is 13.7. The Morgan fingerprint density at radius 2 is 1.83 bits per heavy atom. The summed E-state index contributed by atoms with van der Waals surface area (Å²) in [6.07, 6.45) is 4.50. The summed E-state index contributed by atoms with van der Waals surface area (Å²) in [6, 6.07) is 3.04. The monoisotopic (exact) mass is 407 g/mol. The van der Waals surface area contributed by atoms with E-state index in [1.54, 1.807) is 12.1 Å². The van der Waals surface area contributed by atoms with Gasteiger partial charge in [0.1, 0.15) is 11.6 Å². The van der Waals surface area contributed by atoms with Crippen molar-refractivity contribution in [2.75, 3.05) is 5.73 Å². The van der Waals surface area contributed by atoms with E-state index < -0.39 is 23.6 Å². The maximum Gasteiger partial charge on any atom is 0.212 e. The molecule has 2 heterocycles. The van der Waals surface area contributed by atoms with Crippen LogP contribution in [0.4, 0.5) is 19.0 Å². The van der Waals surface area contributed by atoms with Crippen molar-refractivity contribution in [1.82, 2.24) is 15.0 Å². The Balaban J connectivity index is 0.00000132. The number of hydrazone groups is 1. The van der Waals surface area contributed by atoms with E-state index in [0.717, 1.165) is 11.9 Å². The molecule has 0 bridgehead atoms. The molecular formula is C19H24F3N7. The summed E-state index contributed by atoms with van der Waals surface area (Å²) in [6.45, 7) is 7.55. The van der Waals surface area contributed by atoms with E-state index in [9.17, 15) is 13.2 Å². The van der Waals surface area contributed by atoms with Crippen LogP contribution in [0.5, 0.6) is 0 Å². The second-order valence-electron chi connectivity index (χ2n) is 5.85. The summed E-state index contributed by atoms with van der Waals surface area (Å²) in [7, 11) is 0. The topological polar surface area (TPSA) is 119 Å². The molecule has 29 heavy (non-hydrogen) atoms. The Morgan fingerprint density at radius 3 is 2.31 bits per heavy atom. The highest BCUT2D eigenvalue weighted by Gasteiger charge is 2.24. The fourth-order valence-corrected chi connectivity index (χ4v) is 2.23. The van der Waals surface area contributed by atoms with Crippen LogP contribution in [0, 0.1) is 5.95 Å². The van der Waals surface area contributed by atoms with Crippen molar-refractivity contribution in [3.05, 3.63) is 66.4 Å². The molecule has 7 nitrogen and oxygen atoms in total. The Bertz CT molecular complexity index is 891. The summed E-state index contributed by atoms with van der Waals surface area (Å²) >= 11 is 0. The molecule has 0 aliphatic carbocycles. The summed E-state index contributed by atoms with van der Waals surface area (Å²) in [5.74, 6) is 8.45. The molecule has 0 saturated carbocycles. The Kier molecular flexibility index (Phi) is 8.81. The van der Waals surface area contributed by atoms with Gasteiger partial charge < -0.3 is 11.6 Å². The van der Waals surface area contributed by atoms with E-state index in [4.69, 9.17) is 17.4 Å². The number of anilines is 1. The van der Waals surface area contributed by atoms with Crippen molar-refractivity contribution < 1.29 is 13.2 Å². The number of hydrogen-bond donors (Lipinski definition) is 3. The molecular weight excluding hydrogens is 383 g/mol. The lowest BCUT2D eigenvalue weighted by atomic mass is 10.1.